The van der Waals surface area contributed by atoms with Crippen LogP contribution in [0.5, 0.6) is 5.75 Å². The quantitative estimate of drug-likeness (QED) is 0.590. The number of rotatable bonds is 3. The topological polar surface area (TPSA) is 65.5 Å². The Hall–Kier alpha value is -2.04. The summed E-state index contributed by atoms with van der Waals surface area (Å²) in [5, 5.41) is 11.4. The molecule has 0 N–H and O–H groups in total. The molecule has 1 heterocycles. The lowest BCUT2D eigenvalue weighted by Crippen LogP contribution is -1.90. The van der Waals surface area contributed by atoms with Crippen molar-refractivity contribution in [3.63, 3.8) is 0 Å². The van der Waals surface area contributed by atoms with E-state index in [-0.39, 0.29) is 5.69 Å². The second-order valence-electron chi connectivity index (χ2n) is 3.39. The minimum absolute atomic E-state index is 0.00723. The predicted octanol–water partition coefficient (Wildman–Crippen LogP) is 2.91. The summed E-state index contributed by atoms with van der Waals surface area (Å²) in [5.41, 5.74) is 0.567. The molecule has 5 nitrogen and oxygen atoms in total. The second-order valence-corrected chi connectivity index (χ2v) is 3.39. The Labute approximate surface area is 91.8 Å². The largest absolute Gasteiger partial charge is 0.493 e. The molecule has 0 fully saturated rings. The number of hydrogen-bond donors (Lipinski definition) is 0. The summed E-state index contributed by atoms with van der Waals surface area (Å²) in [6.07, 6.45) is 0.742. The minimum Gasteiger partial charge on any atom is -0.493 e. The molecule has 0 unspecified atom stereocenters. The van der Waals surface area contributed by atoms with E-state index < -0.39 is 4.92 Å². The van der Waals surface area contributed by atoms with Gasteiger partial charge in [-0.3, -0.25) is 10.1 Å². The maximum atomic E-state index is 10.7. The molecule has 0 saturated carbocycles. The van der Waals surface area contributed by atoms with Gasteiger partial charge in [0.05, 0.1) is 18.1 Å². The number of nitro groups is 1. The molecule has 5 heteroatoms. The zero-order chi connectivity index (χ0) is 11.7. The molecule has 0 atom stereocenters. The van der Waals surface area contributed by atoms with Gasteiger partial charge in [-0.15, -0.1) is 0 Å². The third-order valence-corrected chi connectivity index (χ3v) is 2.40. The number of ether oxygens (including phenoxy) is 1. The van der Waals surface area contributed by atoms with Crippen molar-refractivity contribution in [3.8, 4) is 5.75 Å². The summed E-state index contributed by atoms with van der Waals surface area (Å²) in [4.78, 5) is 10.3. The fourth-order valence-electron chi connectivity index (χ4n) is 1.59. The minimum atomic E-state index is -0.444. The standard InChI is InChI=1S/C11H11NO4/c1-3-9-5-7-4-8(12(13)14)6-10(15-2)11(7)16-9/h4-6H,3H2,1-2H3. The van der Waals surface area contributed by atoms with Crippen LogP contribution >= 0.6 is 0 Å². The number of nitro benzene ring substituents is 1. The average molecular weight is 221 g/mol. The molecule has 2 rings (SSSR count). The number of furan rings is 1. The summed E-state index contributed by atoms with van der Waals surface area (Å²) >= 11 is 0. The summed E-state index contributed by atoms with van der Waals surface area (Å²) in [6.45, 7) is 1.96. The van der Waals surface area contributed by atoms with Crippen molar-refractivity contribution in [3.05, 3.63) is 34.1 Å². The predicted molar refractivity (Wildman–Crippen MR) is 58.8 cm³/mol. The van der Waals surface area contributed by atoms with Crippen LogP contribution in [-0.2, 0) is 6.42 Å². The monoisotopic (exact) mass is 221 g/mol. The van der Waals surface area contributed by atoms with E-state index >= 15 is 0 Å². The lowest BCUT2D eigenvalue weighted by Gasteiger charge is -2.00. The summed E-state index contributed by atoms with van der Waals surface area (Å²) in [7, 11) is 1.46. The first-order valence-corrected chi connectivity index (χ1v) is 4.90. The molecule has 16 heavy (non-hydrogen) atoms. The lowest BCUT2D eigenvalue weighted by atomic mass is 10.2. The second kappa shape index (κ2) is 3.84. The van der Waals surface area contributed by atoms with Gasteiger partial charge in [-0.25, -0.2) is 0 Å². The van der Waals surface area contributed by atoms with E-state index in [1.165, 1.54) is 19.2 Å². The van der Waals surface area contributed by atoms with Crippen LogP contribution in [0.4, 0.5) is 5.69 Å². The Bertz CT molecular complexity index is 544. The number of nitrogens with zero attached hydrogens (tertiary/aromatic N) is 1. The van der Waals surface area contributed by atoms with Crippen LogP contribution in [0.3, 0.4) is 0 Å². The SMILES string of the molecule is CCc1cc2cc([N+](=O)[O-])cc(OC)c2o1. The molecule has 2 aromatic rings. The number of methoxy groups -OCH3 is 1. The third kappa shape index (κ3) is 1.60. The number of benzene rings is 1. The Morgan fingerprint density at radius 1 is 1.44 bits per heavy atom. The Morgan fingerprint density at radius 2 is 2.19 bits per heavy atom. The zero-order valence-corrected chi connectivity index (χ0v) is 9.02. The van der Waals surface area contributed by atoms with Crippen LogP contribution in [0.2, 0.25) is 0 Å². The van der Waals surface area contributed by atoms with Gasteiger partial charge in [0.15, 0.2) is 11.3 Å². The smallest absolute Gasteiger partial charge is 0.274 e. The van der Waals surface area contributed by atoms with Crippen molar-refractivity contribution in [2.75, 3.05) is 7.11 Å². The summed E-state index contributed by atoms with van der Waals surface area (Å²) in [5.74, 6) is 1.18. The van der Waals surface area contributed by atoms with Crippen LogP contribution in [-0.4, -0.2) is 12.0 Å². The molecular weight excluding hydrogens is 210 g/mol. The molecule has 0 aliphatic rings. The van der Waals surface area contributed by atoms with Crippen molar-refractivity contribution in [2.24, 2.45) is 0 Å². The number of non-ortho nitro benzene ring substituents is 1. The van der Waals surface area contributed by atoms with Crippen molar-refractivity contribution >= 4 is 16.7 Å². The Kier molecular flexibility index (Phi) is 2.52. The van der Waals surface area contributed by atoms with Gasteiger partial charge in [0.25, 0.3) is 5.69 Å². The lowest BCUT2D eigenvalue weighted by molar-refractivity contribution is -0.384. The number of aryl methyl sites for hydroxylation is 1. The van der Waals surface area contributed by atoms with Crippen LogP contribution < -0.4 is 4.74 Å². The van der Waals surface area contributed by atoms with E-state index in [0.717, 1.165) is 12.2 Å². The van der Waals surface area contributed by atoms with Gasteiger partial charge in [-0.2, -0.15) is 0 Å². The first kappa shape index (κ1) is 10.5. The van der Waals surface area contributed by atoms with E-state index in [1.807, 2.05) is 6.92 Å². The molecule has 0 bridgehead atoms. The Morgan fingerprint density at radius 3 is 2.75 bits per heavy atom. The first-order chi connectivity index (χ1) is 7.65. The molecule has 0 spiro atoms. The maximum absolute atomic E-state index is 10.7. The van der Waals surface area contributed by atoms with E-state index in [1.54, 1.807) is 6.07 Å². The fraction of sp³-hybridized carbons (Fsp3) is 0.273. The van der Waals surface area contributed by atoms with Crippen molar-refractivity contribution in [1.29, 1.82) is 0 Å². The van der Waals surface area contributed by atoms with Gasteiger partial charge in [-0.1, -0.05) is 6.92 Å². The van der Waals surface area contributed by atoms with E-state index in [4.69, 9.17) is 9.15 Å². The van der Waals surface area contributed by atoms with Gasteiger partial charge in [0.2, 0.25) is 0 Å². The molecule has 1 aromatic carbocycles. The molecule has 1 aromatic heterocycles. The van der Waals surface area contributed by atoms with Crippen LogP contribution in [0, 0.1) is 10.1 Å². The van der Waals surface area contributed by atoms with Crippen LogP contribution in [0.1, 0.15) is 12.7 Å². The van der Waals surface area contributed by atoms with Gasteiger partial charge in [0.1, 0.15) is 5.76 Å². The molecule has 0 aliphatic heterocycles. The number of hydrogen-bond acceptors (Lipinski definition) is 4. The van der Waals surface area contributed by atoms with E-state index in [2.05, 4.69) is 0 Å². The number of fused-ring (bicyclic) bond motifs is 1. The average Bonchev–Trinajstić information content (AvgIpc) is 2.70. The molecule has 0 aliphatic carbocycles. The normalized spacial score (nSPS) is 10.6. The summed E-state index contributed by atoms with van der Waals surface area (Å²) < 4.78 is 10.6. The Balaban J connectivity index is 2.70. The van der Waals surface area contributed by atoms with Crippen molar-refractivity contribution in [2.45, 2.75) is 13.3 Å². The first-order valence-electron chi connectivity index (χ1n) is 4.90. The highest BCUT2D eigenvalue weighted by molar-refractivity contribution is 5.86. The van der Waals surface area contributed by atoms with Crippen LogP contribution in [0.15, 0.2) is 22.6 Å². The zero-order valence-electron chi connectivity index (χ0n) is 9.02. The molecular formula is C11H11NO4. The highest BCUT2D eigenvalue weighted by atomic mass is 16.6. The van der Waals surface area contributed by atoms with Gasteiger partial charge in [-0.05, 0) is 6.07 Å². The molecule has 0 radical (unpaired) electrons. The third-order valence-electron chi connectivity index (χ3n) is 2.40. The van der Waals surface area contributed by atoms with Crippen molar-refractivity contribution in [1.82, 2.24) is 0 Å². The molecule has 84 valence electrons. The fourth-order valence-corrected chi connectivity index (χ4v) is 1.59. The maximum Gasteiger partial charge on any atom is 0.274 e. The highest BCUT2D eigenvalue weighted by Gasteiger charge is 2.15. The van der Waals surface area contributed by atoms with Gasteiger partial charge in [0, 0.05) is 17.9 Å². The van der Waals surface area contributed by atoms with E-state index in [0.29, 0.717) is 16.7 Å². The van der Waals surface area contributed by atoms with Crippen LogP contribution in [0.25, 0.3) is 11.0 Å². The molecule has 0 saturated heterocycles. The van der Waals surface area contributed by atoms with Gasteiger partial charge >= 0.3 is 0 Å². The molecule has 0 amide bonds. The highest BCUT2D eigenvalue weighted by Crippen LogP contribution is 2.33. The van der Waals surface area contributed by atoms with E-state index in [9.17, 15) is 10.1 Å². The van der Waals surface area contributed by atoms with Gasteiger partial charge < -0.3 is 9.15 Å². The summed E-state index contributed by atoms with van der Waals surface area (Å²) in [6, 6.07) is 4.65. The van der Waals surface area contributed by atoms with Crippen molar-refractivity contribution < 1.29 is 14.1 Å².